The second kappa shape index (κ2) is 9.68. The van der Waals surface area contributed by atoms with Crippen molar-refractivity contribution in [3.63, 3.8) is 0 Å². The molecule has 0 aromatic rings. The van der Waals surface area contributed by atoms with E-state index in [2.05, 4.69) is 0 Å². The van der Waals surface area contributed by atoms with Crippen molar-refractivity contribution in [3.8, 4) is 0 Å². The van der Waals surface area contributed by atoms with Gasteiger partial charge in [0.25, 0.3) is 0 Å². The molecule has 1 atom stereocenters. The van der Waals surface area contributed by atoms with E-state index in [1.54, 1.807) is 6.92 Å². The van der Waals surface area contributed by atoms with Gasteiger partial charge in [0.15, 0.2) is 5.78 Å². The van der Waals surface area contributed by atoms with Crippen LogP contribution in [0.25, 0.3) is 0 Å². The molecule has 6 heteroatoms. The highest BCUT2D eigenvalue weighted by Crippen LogP contribution is 2.50. The number of unbranched alkanes of at least 4 members (excludes halogenated alkanes) is 2. The van der Waals surface area contributed by atoms with Gasteiger partial charge in [0, 0.05) is 0 Å². The number of hydrogen-bond acceptors (Lipinski definition) is 5. The molecule has 108 valence electrons. The van der Waals surface area contributed by atoms with Gasteiger partial charge in [-0.2, -0.15) is 0 Å². The third kappa shape index (κ3) is 7.98. The Morgan fingerprint density at radius 2 is 1.56 bits per heavy atom. The van der Waals surface area contributed by atoms with Gasteiger partial charge in [-0.05, 0) is 26.7 Å². The third-order valence-corrected chi connectivity index (χ3v) is 3.93. The lowest BCUT2D eigenvalue weighted by Gasteiger charge is -2.20. The first-order chi connectivity index (χ1) is 8.45. The number of phosphoric ester groups is 1. The molecule has 5 nitrogen and oxygen atoms in total. The van der Waals surface area contributed by atoms with Crippen LogP contribution in [0.4, 0.5) is 0 Å². The normalized spacial score (nSPS) is 13.6. The summed E-state index contributed by atoms with van der Waals surface area (Å²) in [6.07, 6.45) is 2.63. The summed E-state index contributed by atoms with van der Waals surface area (Å²) in [5, 5.41) is 0. The number of carbonyl (C=O) groups excluding carboxylic acids is 1. The molecule has 0 heterocycles. The van der Waals surface area contributed by atoms with Crippen LogP contribution < -0.4 is 0 Å². The Kier molecular flexibility index (Phi) is 9.56. The fourth-order valence-electron chi connectivity index (χ4n) is 1.01. The van der Waals surface area contributed by atoms with Gasteiger partial charge in [0.2, 0.25) is 0 Å². The molecule has 0 rings (SSSR count). The van der Waals surface area contributed by atoms with Gasteiger partial charge >= 0.3 is 7.82 Å². The fourth-order valence-corrected chi connectivity index (χ4v) is 2.44. The molecule has 0 aromatic heterocycles. The first-order valence-electron chi connectivity index (χ1n) is 6.53. The topological polar surface area (TPSA) is 61.8 Å². The van der Waals surface area contributed by atoms with E-state index in [1.165, 1.54) is 6.92 Å². The summed E-state index contributed by atoms with van der Waals surface area (Å²) in [6, 6.07) is 0. The van der Waals surface area contributed by atoms with Crippen LogP contribution in [-0.4, -0.2) is 25.1 Å². The van der Waals surface area contributed by atoms with E-state index in [-0.39, 0.29) is 5.78 Å². The highest BCUT2D eigenvalue weighted by Gasteiger charge is 2.30. The second-order valence-electron chi connectivity index (χ2n) is 4.18. The first kappa shape index (κ1) is 17.8. The predicted molar refractivity (Wildman–Crippen MR) is 70.6 cm³/mol. The molecule has 0 saturated carbocycles. The number of ketones is 1. The minimum atomic E-state index is -3.61. The Labute approximate surface area is 110 Å². The van der Waals surface area contributed by atoms with Gasteiger partial charge in [0.05, 0.1) is 13.2 Å². The van der Waals surface area contributed by atoms with Crippen LogP contribution in [0.2, 0.25) is 0 Å². The van der Waals surface area contributed by atoms with Gasteiger partial charge in [-0.25, -0.2) is 4.57 Å². The van der Waals surface area contributed by atoms with Crippen molar-refractivity contribution in [2.24, 2.45) is 0 Å². The van der Waals surface area contributed by atoms with Crippen molar-refractivity contribution in [2.75, 3.05) is 13.2 Å². The standard InChI is InChI=1S/C12H25O5P/c1-5-7-9-15-18(14,16-10-8-6-2)17-12(4)11(3)13/h12H,5-10H2,1-4H3/t12-/m0/s1. The summed E-state index contributed by atoms with van der Waals surface area (Å²) >= 11 is 0. The molecule has 0 amide bonds. The zero-order chi connectivity index (χ0) is 14.0. The predicted octanol–water partition coefficient (Wildman–Crippen LogP) is 3.72. The van der Waals surface area contributed by atoms with Crippen molar-refractivity contribution in [1.82, 2.24) is 0 Å². The van der Waals surface area contributed by atoms with Gasteiger partial charge < -0.3 is 0 Å². The Morgan fingerprint density at radius 1 is 1.11 bits per heavy atom. The van der Waals surface area contributed by atoms with E-state index < -0.39 is 13.9 Å². The molecule has 0 saturated heterocycles. The minimum absolute atomic E-state index is 0.201. The molecule has 0 aromatic carbocycles. The maximum atomic E-state index is 12.3. The van der Waals surface area contributed by atoms with Gasteiger partial charge in [-0.15, -0.1) is 0 Å². The molecule has 0 aliphatic heterocycles. The average molecular weight is 280 g/mol. The van der Waals surface area contributed by atoms with Crippen molar-refractivity contribution in [3.05, 3.63) is 0 Å². The largest absolute Gasteiger partial charge is 0.475 e. The molecular formula is C12H25O5P. The molecule has 0 aliphatic rings. The fraction of sp³-hybridized carbons (Fsp3) is 0.917. The van der Waals surface area contributed by atoms with Crippen LogP contribution in [0, 0.1) is 0 Å². The number of hydrogen-bond donors (Lipinski definition) is 0. The Morgan fingerprint density at radius 3 is 1.89 bits per heavy atom. The van der Waals surface area contributed by atoms with Crippen LogP contribution in [0.15, 0.2) is 0 Å². The Bertz CT molecular complexity index is 266. The Hall–Kier alpha value is -0.220. The average Bonchev–Trinajstić information content (AvgIpc) is 2.29. The molecule has 0 N–H and O–H groups in total. The molecule has 0 bridgehead atoms. The molecule has 0 spiro atoms. The number of carbonyl (C=O) groups is 1. The Balaban J connectivity index is 4.38. The van der Waals surface area contributed by atoms with E-state index in [4.69, 9.17) is 13.6 Å². The van der Waals surface area contributed by atoms with Crippen molar-refractivity contribution in [1.29, 1.82) is 0 Å². The lowest BCUT2D eigenvalue weighted by Crippen LogP contribution is -2.18. The summed E-state index contributed by atoms with van der Waals surface area (Å²) in [7, 11) is -3.61. The number of rotatable bonds is 11. The van der Waals surface area contributed by atoms with Crippen LogP contribution in [0.3, 0.4) is 0 Å². The van der Waals surface area contributed by atoms with E-state index in [0.717, 1.165) is 25.7 Å². The highest BCUT2D eigenvalue weighted by atomic mass is 31.2. The second-order valence-corrected chi connectivity index (χ2v) is 5.80. The van der Waals surface area contributed by atoms with Crippen molar-refractivity contribution >= 4 is 13.6 Å². The van der Waals surface area contributed by atoms with Gasteiger partial charge in [-0.1, -0.05) is 26.7 Å². The maximum Gasteiger partial charge on any atom is 0.475 e. The first-order valence-corrected chi connectivity index (χ1v) is 7.99. The van der Waals surface area contributed by atoms with Gasteiger partial charge in [-0.3, -0.25) is 18.4 Å². The zero-order valence-electron chi connectivity index (χ0n) is 11.8. The van der Waals surface area contributed by atoms with Crippen LogP contribution in [0.5, 0.6) is 0 Å². The molecule has 0 fully saturated rings. The SMILES string of the molecule is CCCCOP(=O)(OCCCC)O[C@@H](C)C(C)=O. The maximum absolute atomic E-state index is 12.3. The smallest absolute Gasteiger partial charge is 0.297 e. The lowest BCUT2D eigenvalue weighted by atomic mass is 10.3. The summed E-state index contributed by atoms with van der Waals surface area (Å²) in [6.45, 7) is 7.56. The van der Waals surface area contributed by atoms with E-state index in [9.17, 15) is 9.36 Å². The zero-order valence-corrected chi connectivity index (χ0v) is 12.7. The van der Waals surface area contributed by atoms with Crippen LogP contribution in [-0.2, 0) is 22.9 Å². The minimum Gasteiger partial charge on any atom is -0.297 e. The van der Waals surface area contributed by atoms with Crippen molar-refractivity contribution < 1.29 is 22.9 Å². The van der Waals surface area contributed by atoms with Crippen molar-refractivity contribution in [2.45, 2.75) is 59.5 Å². The summed E-state index contributed by atoms with van der Waals surface area (Å²) in [5.41, 5.74) is 0. The summed E-state index contributed by atoms with van der Waals surface area (Å²) < 4.78 is 27.8. The van der Waals surface area contributed by atoms with Crippen LogP contribution >= 0.6 is 7.82 Å². The highest BCUT2D eigenvalue weighted by molar-refractivity contribution is 7.48. The molecule has 0 unspecified atom stereocenters. The third-order valence-electron chi connectivity index (χ3n) is 2.35. The number of Topliss-reactive ketones (excluding diaryl/α,β-unsaturated/α-hetero) is 1. The van der Waals surface area contributed by atoms with Crippen LogP contribution in [0.1, 0.15) is 53.4 Å². The number of phosphoric acid groups is 1. The molecule has 18 heavy (non-hydrogen) atoms. The summed E-state index contributed by atoms with van der Waals surface area (Å²) in [4.78, 5) is 11.1. The lowest BCUT2D eigenvalue weighted by molar-refractivity contribution is -0.124. The van der Waals surface area contributed by atoms with E-state index in [1.807, 2.05) is 13.8 Å². The van der Waals surface area contributed by atoms with Gasteiger partial charge in [0.1, 0.15) is 6.10 Å². The van der Waals surface area contributed by atoms with E-state index in [0.29, 0.717) is 13.2 Å². The molecular weight excluding hydrogens is 255 g/mol. The molecule has 0 radical (unpaired) electrons. The summed E-state index contributed by atoms with van der Waals surface area (Å²) in [5.74, 6) is -0.201. The van der Waals surface area contributed by atoms with E-state index >= 15 is 0 Å². The quantitative estimate of drug-likeness (QED) is 0.426. The monoisotopic (exact) mass is 280 g/mol. The molecule has 0 aliphatic carbocycles.